The van der Waals surface area contributed by atoms with Gasteiger partial charge in [0.2, 0.25) is 0 Å². The number of pyridine rings is 1. The molecule has 0 saturated carbocycles. The summed E-state index contributed by atoms with van der Waals surface area (Å²) in [5, 5.41) is 31.6. The number of aliphatic hydroxyl groups is 3. The molecule has 49 heavy (non-hydrogen) atoms. The number of nitrogen functional groups attached to an aromatic ring is 1. The maximum Gasteiger partial charge on any atom is 0.481 e. The molecule has 0 spiro atoms. The molecule has 2 aliphatic heterocycles. The lowest BCUT2D eigenvalue weighted by atomic mass is 10.1. The molecule has 3 aromatic heterocycles. The van der Waals surface area contributed by atoms with E-state index in [1.54, 1.807) is 0 Å². The molecule has 24 nitrogen and oxygen atoms in total. The number of rotatable bonds is 13. The highest BCUT2D eigenvalue weighted by Crippen LogP contribution is 2.61. The number of ether oxygens (including phenoxy) is 2. The number of phosphoric acid groups is 3. The molecule has 2 saturated heterocycles. The third-order valence-corrected chi connectivity index (χ3v) is 10.7. The average Bonchev–Trinajstić information content (AvgIpc) is 3.60. The van der Waals surface area contributed by atoms with Crippen molar-refractivity contribution in [1.29, 1.82) is 0 Å². The van der Waals surface area contributed by atoms with Crippen molar-refractivity contribution >= 4 is 62.3 Å². The van der Waals surface area contributed by atoms with Crippen LogP contribution in [0.25, 0.3) is 11.2 Å². The Bertz CT molecular complexity index is 1870. The molecule has 5 rings (SSSR count). The van der Waals surface area contributed by atoms with Crippen LogP contribution in [0.2, 0.25) is 0 Å². The lowest BCUT2D eigenvalue weighted by molar-refractivity contribution is -0.765. The number of primary amides is 1. The van der Waals surface area contributed by atoms with E-state index < -0.39 is 91.7 Å². The fourth-order valence-electron chi connectivity index (χ4n) is 4.88. The van der Waals surface area contributed by atoms with E-state index in [1.807, 2.05) is 0 Å². The van der Waals surface area contributed by atoms with Crippen LogP contribution >= 0.6 is 39.4 Å². The quantitative estimate of drug-likeness (QED) is 0.0504. The van der Waals surface area contributed by atoms with Crippen LogP contribution in [0.15, 0.2) is 35.6 Å². The number of phosphoric ester groups is 3. The molecule has 2 fully saturated rings. The first-order valence-corrected chi connectivity index (χ1v) is 18.8. The fraction of sp³-hybridized carbons (Fsp3) is 0.476. The number of hydrogen-bond acceptors (Lipinski definition) is 17. The maximum atomic E-state index is 12.6. The van der Waals surface area contributed by atoms with Crippen molar-refractivity contribution in [1.82, 2.24) is 19.5 Å². The zero-order chi connectivity index (χ0) is 36.1. The standard InChI is InChI=1S/C21H27BrN7O17P3/c22-21-27-11-16(23)25-7-26-18(11)29(21)20-15(45-47(34,35)36)13(31)10(44-20)6-42-49(39,40)46-48(37,38)41-5-9-12(30)14(32)19(43-9)28-3-1-2-8(4-28)17(24)33/h1-4,7,9-10,12-15,19-20,30-32H,5-6H2,(H7-,23,24,25,26,33,34,35,36,37,38,39,40)/p+1. The van der Waals surface area contributed by atoms with E-state index in [-0.39, 0.29) is 27.3 Å². The zero-order valence-electron chi connectivity index (χ0n) is 24.2. The van der Waals surface area contributed by atoms with Crippen LogP contribution in [-0.2, 0) is 41.1 Å². The largest absolute Gasteiger partial charge is 0.481 e. The summed E-state index contributed by atoms with van der Waals surface area (Å²) in [6.45, 7) is -2.05. The van der Waals surface area contributed by atoms with Gasteiger partial charge in [-0.15, -0.1) is 0 Å². The van der Waals surface area contributed by atoms with Gasteiger partial charge in [-0.25, -0.2) is 28.6 Å². The molecular weight excluding hydrogens is 795 g/mol. The number of amides is 1. The van der Waals surface area contributed by atoms with Gasteiger partial charge in [0.15, 0.2) is 46.4 Å². The van der Waals surface area contributed by atoms with Gasteiger partial charge in [0.25, 0.3) is 12.1 Å². The van der Waals surface area contributed by atoms with Gasteiger partial charge in [-0.2, -0.15) is 8.88 Å². The molecule has 1 amide bonds. The van der Waals surface area contributed by atoms with E-state index in [0.29, 0.717) is 0 Å². The molecule has 3 aromatic rings. The Morgan fingerprint density at radius 1 is 1.00 bits per heavy atom. The smallest absolute Gasteiger partial charge is 0.387 e. The average molecular weight is 823 g/mol. The van der Waals surface area contributed by atoms with E-state index >= 15 is 0 Å². The van der Waals surface area contributed by atoms with Crippen LogP contribution in [0.1, 0.15) is 22.8 Å². The van der Waals surface area contributed by atoms with Crippen molar-refractivity contribution in [2.24, 2.45) is 5.73 Å². The van der Waals surface area contributed by atoms with Crippen molar-refractivity contribution < 1.29 is 85.3 Å². The molecule has 270 valence electrons. The summed E-state index contributed by atoms with van der Waals surface area (Å²) in [7, 11) is -16.3. The maximum absolute atomic E-state index is 12.6. The van der Waals surface area contributed by atoms with Crippen molar-refractivity contribution in [3.8, 4) is 0 Å². The number of anilines is 1. The van der Waals surface area contributed by atoms with E-state index in [1.165, 1.54) is 29.1 Å². The number of aromatic nitrogens is 5. The van der Waals surface area contributed by atoms with Crippen molar-refractivity contribution in [2.75, 3.05) is 18.9 Å². The molecule has 2 aliphatic rings. The number of aliphatic hydroxyl groups excluding tert-OH is 3. The van der Waals surface area contributed by atoms with Crippen LogP contribution in [0.4, 0.5) is 5.82 Å². The molecular formula is C21H28BrN7O17P3+. The second kappa shape index (κ2) is 14.3. The molecule has 10 unspecified atom stereocenters. The van der Waals surface area contributed by atoms with Crippen molar-refractivity contribution in [3.63, 3.8) is 0 Å². The highest BCUT2D eigenvalue weighted by Gasteiger charge is 2.52. The Labute approximate surface area is 281 Å². The molecule has 5 heterocycles. The highest BCUT2D eigenvalue weighted by molar-refractivity contribution is 9.10. The number of nitrogens with two attached hydrogens (primary N) is 2. The zero-order valence-corrected chi connectivity index (χ0v) is 28.5. The number of halogens is 1. The summed E-state index contributed by atoms with van der Waals surface area (Å²) in [5.41, 5.74) is 11.1. The number of nitrogens with zero attached hydrogens (tertiary/aromatic N) is 5. The van der Waals surface area contributed by atoms with Crippen LogP contribution in [0.3, 0.4) is 0 Å². The Morgan fingerprint density at radius 3 is 2.24 bits per heavy atom. The van der Waals surface area contributed by atoms with E-state index in [9.17, 15) is 53.4 Å². The Morgan fingerprint density at radius 2 is 1.63 bits per heavy atom. The Hall–Kier alpha value is -2.38. The minimum absolute atomic E-state index is 0.0278. The molecule has 28 heteroatoms. The lowest BCUT2D eigenvalue weighted by Crippen LogP contribution is -2.46. The normalized spacial score (nSPS) is 30.0. The van der Waals surface area contributed by atoms with Gasteiger partial charge in [0.1, 0.15) is 42.4 Å². The molecule has 0 radical (unpaired) electrons. The van der Waals surface area contributed by atoms with E-state index in [4.69, 9.17) is 30.0 Å². The minimum Gasteiger partial charge on any atom is -0.387 e. The second-order valence-electron chi connectivity index (χ2n) is 10.4. The molecule has 11 N–H and O–H groups in total. The first kappa shape index (κ1) is 37.9. The topological polar surface area (TPSA) is 365 Å². The number of hydrogen-bond donors (Lipinski definition) is 9. The van der Waals surface area contributed by atoms with Gasteiger partial charge < -0.3 is 55.8 Å². The van der Waals surface area contributed by atoms with Crippen LogP contribution in [0.5, 0.6) is 0 Å². The van der Waals surface area contributed by atoms with Crippen LogP contribution in [-0.4, -0.2) is 110 Å². The molecule has 0 aliphatic carbocycles. The predicted octanol–water partition coefficient (Wildman–Crippen LogP) is -2.14. The van der Waals surface area contributed by atoms with Gasteiger partial charge in [0.05, 0.1) is 13.2 Å². The number of carbonyl (C=O) groups is 1. The lowest BCUT2D eigenvalue weighted by Gasteiger charge is -2.22. The Balaban J connectivity index is 1.23. The summed E-state index contributed by atoms with van der Waals surface area (Å²) in [6, 6.07) is 2.79. The summed E-state index contributed by atoms with van der Waals surface area (Å²) in [5.74, 6) is -0.872. The minimum atomic E-state index is -5.54. The third kappa shape index (κ3) is 8.57. The van der Waals surface area contributed by atoms with Gasteiger partial charge >= 0.3 is 23.5 Å². The van der Waals surface area contributed by atoms with Crippen LogP contribution in [0, 0.1) is 0 Å². The number of imidazole rings is 1. The first-order chi connectivity index (χ1) is 22.8. The molecule has 0 aromatic carbocycles. The Kier molecular flexibility index (Phi) is 11.1. The van der Waals surface area contributed by atoms with E-state index in [2.05, 4.69) is 39.7 Å². The third-order valence-electron chi connectivity index (χ3n) is 7.04. The van der Waals surface area contributed by atoms with Gasteiger partial charge in [-0.05, 0) is 22.0 Å². The van der Waals surface area contributed by atoms with Gasteiger partial charge in [-0.1, -0.05) is 0 Å². The summed E-state index contributed by atoms with van der Waals surface area (Å²) in [4.78, 5) is 62.5. The highest BCUT2D eigenvalue weighted by atomic mass is 79.9. The SMILES string of the molecule is NC(=O)c1ccc[n+](C2OC(COP(=O)(O)OP(=O)(O)OCC3OC(n4c(Br)nc5c(N)ncnc54)C(OP(=O)(O)O)C3O)C(O)C2O)c1. The molecule has 10 atom stereocenters. The van der Waals surface area contributed by atoms with Crippen molar-refractivity contribution in [3.05, 3.63) is 41.2 Å². The first-order valence-electron chi connectivity index (χ1n) is 13.5. The number of carbonyl (C=O) groups excluding carboxylic acids is 1. The van der Waals surface area contributed by atoms with Gasteiger partial charge in [-0.3, -0.25) is 22.9 Å². The van der Waals surface area contributed by atoms with Gasteiger partial charge in [0, 0.05) is 6.07 Å². The monoisotopic (exact) mass is 822 g/mol. The summed E-state index contributed by atoms with van der Waals surface area (Å²) < 4.78 is 68.6. The number of fused-ring (bicyclic) bond motifs is 1. The van der Waals surface area contributed by atoms with E-state index in [0.717, 1.165) is 10.9 Å². The second-order valence-corrected chi connectivity index (χ2v) is 15.3. The van der Waals surface area contributed by atoms with Crippen LogP contribution < -0.4 is 16.0 Å². The summed E-state index contributed by atoms with van der Waals surface area (Å²) >= 11 is 3.13. The fourth-order valence-corrected chi connectivity index (χ4v) is 8.07. The summed E-state index contributed by atoms with van der Waals surface area (Å²) in [6.07, 6.45) is -9.64. The molecule has 0 bridgehead atoms. The van der Waals surface area contributed by atoms with Crippen molar-refractivity contribution in [2.45, 2.75) is 49.1 Å². The predicted molar refractivity (Wildman–Crippen MR) is 158 cm³/mol.